The van der Waals surface area contributed by atoms with E-state index in [1.807, 2.05) is 0 Å². The van der Waals surface area contributed by atoms with E-state index in [0.717, 1.165) is 13.1 Å². The number of likely N-dealkylation sites (N-methyl/N-ethyl adjacent to an activating group) is 1. The van der Waals surface area contributed by atoms with Crippen molar-refractivity contribution in [3.05, 3.63) is 22.4 Å². The first-order valence-electron chi connectivity index (χ1n) is 7.95. The van der Waals surface area contributed by atoms with Gasteiger partial charge in [-0.1, -0.05) is 13.8 Å². The van der Waals surface area contributed by atoms with Crippen molar-refractivity contribution in [2.24, 2.45) is 5.10 Å². The third kappa shape index (κ3) is 4.39. The summed E-state index contributed by atoms with van der Waals surface area (Å²) in [7, 11) is 1.58. The average molecular weight is 336 g/mol. The van der Waals surface area contributed by atoms with E-state index >= 15 is 0 Å². The quantitative estimate of drug-likeness (QED) is 0.826. The van der Waals surface area contributed by atoms with Crippen LogP contribution in [0.1, 0.15) is 38.3 Å². The lowest BCUT2D eigenvalue weighted by Crippen LogP contribution is -2.42. The van der Waals surface area contributed by atoms with Crippen molar-refractivity contribution in [3.63, 3.8) is 0 Å². The first-order valence-corrected chi connectivity index (χ1v) is 8.89. The molecule has 0 fully saturated rings. The van der Waals surface area contributed by atoms with Gasteiger partial charge in [0.1, 0.15) is 5.71 Å². The number of nitrogens with one attached hydrogen (secondary N) is 1. The number of carbonyl (C=O) groups is 2. The van der Waals surface area contributed by atoms with Crippen LogP contribution in [0.5, 0.6) is 0 Å². The van der Waals surface area contributed by atoms with Crippen molar-refractivity contribution >= 4 is 28.9 Å². The van der Waals surface area contributed by atoms with Crippen LogP contribution in [-0.2, 0) is 9.59 Å². The molecule has 0 aromatic carbocycles. The highest BCUT2D eigenvalue weighted by Gasteiger charge is 2.24. The van der Waals surface area contributed by atoms with Crippen LogP contribution in [0.15, 0.2) is 21.9 Å². The molecule has 7 heteroatoms. The van der Waals surface area contributed by atoms with Gasteiger partial charge in [0.25, 0.3) is 5.91 Å². The molecular weight excluding hydrogens is 312 g/mol. The third-order valence-corrected chi connectivity index (χ3v) is 4.81. The standard InChI is InChI=1S/C16H24N4O2S/c1-4-20(5-2)14(12-8-9-23-11-12)10-17-16(22)13-6-7-15(21)19(3)18-13/h8-9,11,14H,4-7,10H2,1-3H3,(H,17,22)/t14-/m1/s1. The molecule has 0 unspecified atom stereocenters. The largest absolute Gasteiger partial charge is 0.349 e. The molecule has 23 heavy (non-hydrogen) atoms. The van der Waals surface area contributed by atoms with E-state index in [0.29, 0.717) is 25.1 Å². The molecule has 2 heterocycles. The number of hydrazone groups is 1. The van der Waals surface area contributed by atoms with Gasteiger partial charge in [0.15, 0.2) is 0 Å². The lowest BCUT2D eigenvalue weighted by atomic mass is 10.1. The second-order valence-corrected chi connectivity index (χ2v) is 6.25. The van der Waals surface area contributed by atoms with Gasteiger partial charge in [-0.05, 0) is 35.5 Å². The predicted molar refractivity (Wildman–Crippen MR) is 92.4 cm³/mol. The molecule has 0 saturated carbocycles. The molecule has 0 saturated heterocycles. The van der Waals surface area contributed by atoms with Gasteiger partial charge in [-0.25, -0.2) is 5.01 Å². The van der Waals surface area contributed by atoms with Crippen molar-refractivity contribution in [2.75, 3.05) is 26.7 Å². The fourth-order valence-electron chi connectivity index (χ4n) is 2.71. The monoisotopic (exact) mass is 336 g/mol. The van der Waals surface area contributed by atoms with E-state index in [1.54, 1.807) is 18.4 Å². The Morgan fingerprint density at radius 1 is 1.43 bits per heavy atom. The maximum atomic E-state index is 12.3. The number of hydrogen-bond donors (Lipinski definition) is 1. The van der Waals surface area contributed by atoms with Crippen LogP contribution in [0.4, 0.5) is 0 Å². The van der Waals surface area contributed by atoms with Crippen LogP contribution in [0.3, 0.4) is 0 Å². The van der Waals surface area contributed by atoms with Crippen molar-refractivity contribution in [1.82, 2.24) is 15.2 Å². The summed E-state index contributed by atoms with van der Waals surface area (Å²) < 4.78 is 0. The third-order valence-electron chi connectivity index (χ3n) is 4.11. The Kier molecular flexibility index (Phi) is 6.29. The second-order valence-electron chi connectivity index (χ2n) is 5.47. The fourth-order valence-corrected chi connectivity index (χ4v) is 3.42. The van der Waals surface area contributed by atoms with Gasteiger partial charge in [0.2, 0.25) is 5.91 Å². The van der Waals surface area contributed by atoms with Gasteiger partial charge >= 0.3 is 0 Å². The normalized spacial score (nSPS) is 16.4. The van der Waals surface area contributed by atoms with Gasteiger partial charge < -0.3 is 5.32 Å². The molecular formula is C16H24N4O2S. The number of nitrogens with zero attached hydrogens (tertiary/aromatic N) is 3. The van der Waals surface area contributed by atoms with Crippen molar-refractivity contribution in [2.45, 2.75) is 32.7 Å². The van der Waals surface area contributed by atoms with E-state index in [1.165, 1.54) is 10.6 Å². The van der Waals surface area contributed by atoms with Crippen LogP contribution in [0.2, 0.25) is 0 Å². The second kappa shape index (κ2) is 8.21. The molecule has 2 rings (SSSR count). The minimum atomic E-state index is -0.184. The predicted octanol–water partition coefficient (Wildman–Crippen LogP) is 1.86. The first-order chi connectivity index (χ1) is 11.1. The van der Waals surface area contributed by atoms with Gasteiger partial charge in [0, 0.05) is 26.4 Å². The molecule has 0 aliphatic carbocycles. The lowest BCUT2D eigenvalue weighted by molar-refractivity contribution is -0.130. The summed E-state index contributed by atoms with van der Waals surface area (Å²) in [6, 6.07) is 2.26. The lowest BCUT2D eigenvalue weighted by Gasteiger charge is -2.29. The number of thiophene rings is 1. The smallest absolute Gasteiger partial charge is 0.267 e. The highest BCUT2D eigenvalue weighted by molar-refractivity contribution is 7.07. The molecule has 1 aliphatic rings. The topological polar surface area (TPSA) is 65.0 Å². The van der Waals surface area contributed by atoms with Crippen LogP contribution in [-0.4, -0.2) is 54.1 Å². The average Bonchev–Trinajstić information content (AvgIpc) is 3.07. The van der Waals surface area contributed by atoms with E-state index in [4.69, 9.17) is 0 Å². The molecule has 0 bridgehead atoms. The summed E-state index contributed by atoms with van der Waals surface area (Å²) in [5.41, 5.74) is 1.65. The zero-order valence-electron chi connectivity index (χ0n) is 13.9. The van der Waals surface area contributed by atoms with Gasteiger partial charge in [0.05, 0.1) is 6.04 Å². The Morgan fingerprint density at radius 3 is 2.74 bits per heavy atom. The van der Waals surface area contributed by atoms with E-state index in [-0.39, 0.29) is 17.9 Å². The Morgan fingerprint density at radius 2 is 2.17 bits per heavy atom. The molecule has 126 valence electrons. The molecule has 1 N–H and O–H groups in total. The van der Waals surface area contributed by atoms with Crippen LogP contribution in [0, 0.1) is 0 Å². The number of carbonyl (C=O) groups excluding carboxylic acids is 2. The molecule has 1 aliphatic heterocycles. The summed E-state index contributed by atoms with van der Waals surface area (Å²) in [6.07, 6.45) is 0.746. The Balaban J connectivity index is 2.02. The molecule has 0 spiro atoms. The highest BCUT2D eigenvalue weighted by atomic mass is 32.1. The zero-order valence-corrected chi connectivity index (χ0v) is 14.7. The summed E-state index contributed by atoms with van der Waals surface area (Å²) in [5.74, 6) is -0.238. The summed E-state index contributed by atoms with van der Waals surface area (Å²) in [6.45, 7) is 6.62. The van der Waals surface area contributed by atoms with Gasteiger partial charge in [-0.15, -0.1) is 0 Å². The number of amides is 2. The molecule has 1 atom stereocenters. The number of hydrogen-bond acceptors (Lipinski definition) is 5. The maximum absolute atomic E-state index is 12.3. The molecule has 6 nitrogen and oxygen atoms in total. The van der Waals surface area contributed by atoms with E-state index < -0.39 is 0 Å². The van der Waals surface area contributed by atoms with Gasteiger partial charge in [-0.2, -0.15) is 16.4 Å². The van der Waals surface area contributed by atoms with Crippen molar-refractivity contribution < 1.29 is 9.59 Å². The van der Waals surface area contributed by atoms with Crippen molar-refractivity contribution in [1.29, 1.82) is 0 Å². The van der Waals surface area contributed by atoms with E-state index in [9.17, 15) is 9.59 Å². The van der Waals surface area contributed by atoms with Crippen LogP contribution in [0.25, 0.3) is 0 Å². The summed E-state index contributed by atoms with van der Waals surface area (Å²) in [5, 5.41) is 12.5. The van der Waals surface area contributed by atoms with Gasteiger partial charge in [-0.3, -0.25) is 14.5 Å². The van der Waals surface area contributed by atoms with Crippen LogP contribution >= 0.6 is 11.3 Å². The van der Waals surface area contributed by atoms with Crippen molar-refractivity contribution in [3.8, 4) is 0 Å². The minimum absolute atomic E-state index is 0.0548. The highest BCUT2D eigenvalue weighted by Crippen LogP contribution is 2.22. The molecule has 1 aromatic rings. The minimum Gasteiger partial charge on any atom is -0.349 e. The van der Waals surface area contributed by atoms with E-state index in [2.05, 4.69) is 46.0 Å². The molecule has 0 radical (unpaired) electrons. The number of rotatable bonds is 7. The Bertz CT molecular complexity index is 567. The van der Waals surface area contributed by atoms with Crippen LogP contribution < -0.4 is 5.32 Å². The summed E-state index contributed by atoms with van der Waals surface area (Å²) >= 11 is 1.66. The zero-order chi connectivity index (χ0) is 16.8. The summed E-state index contributed by atoms with van der Waals surface area (Å²) in [4.78, 5) is 26.1. The fraction of sp³-hybridized carbons (Fsp3) is 0.562. The SMILES string of the molecule is CCN(CC)[C@H](CNC(=O)C1=NN(C)C(=O)CC1)c1ccsc1. The maximum Gasteiger partial charge on any atom is 0.267 e. The molecule has 2 amide bonds. The first kappa shape index (κ1) is 17.6. The molecule has 1 aromatic heterocycles. The Labute approximate surface area is 141 Å². The Hall–Kier alpha value is -1.73.